The predicted octanol–water partition coefficient (Wildman–Crippen LogP) is 3.20. The number of carbonyl (C=O) groups is 1. The molecule has 1 unspecified atom stereocenters. The van der Waals surface area contributed by atoms with E-state index in [1.54, 1.807) is 7.11 Å². The minimum atomic E-state index is -0.748. The van der Waals surface area contributed by atoms with E-state index in [1.165, 1.54) is 0 Å². The van der Waals surface area contributed by atoms with Crippen molar-refractivity contribution in [2.45, 2.75) is 44.1 Å². The SMILES string of the molecule is COc1cccc(C(CC(=O)O)C2CC2)c1OC1CC1. The summed E-state index contributed by atoms with van der Waals surface area (Å²) in [5.41, 5.74) is 1.00. The van der Waals surface area contributed by atoms with Crippen LogP contribution in [0.2, 0.25) is 0 Å². The topological polar surface area (TPSA) is 55.8 Å². The van der Waals surface area contributed by atoms with E-state index in [2.05, 4.69) is 0 Å². The van der Waals surface area contributed by atoms with E-state index in [0.29, 0.717) is 11.7 Å². The third-order valence-corrected chi connectivity index (χ3v) is 4.02. The number of hydrogen-bond acceptors (Lipinski definition) is 3. The van der Waals surface area contributed by atoms with Crippen molar-refractivity contribution in [1.82, 2.24) is 0 Å². The molecule has 0 amide bonds. The lowest BCUT2D eigenvalue weighted by Crippen LogP contribution is -2.11. The minimum absolute atomic E-state index is 0.0383. The molecule has 20 heavy (non-hydrogen) atoms. The third-order valence-electron chi connectivity index (χ3n) is 4.02. The average molecular weight is 276 g/mol. The summed E-state index contributed by atoms with van der Waals surface area (Å²) >= 11 is 0. The number of hydrogen-bond donors (Lipinski definition) is 1. The van der Waals surface area contributed by atoms with Crippen LogP contribution in [0.4, 0.5) is 0 Å². The molecule has 0 heterocycles. The van der Waals surface area contributed by atoms with Gasteiger partial charge in [0.15, 0.2) is 11.5 Å². The van der Waals surface area contributed by atoms with E-state index < -0.39 is 5.97 Å². The van der Waals surface area contributed by atoms with Gasteiger partial charge in [-0.15, -0.1) is 0 Å². The number of carboxylic acids is 1. The van der Waals surface area contributed by atoms with Gasteiger partial charge in [-0.3, -0.25) is 4.79 Å². The van der Waals surface area contributed by atoms with Crippen LogP contribution in [0, 0.1) is 5.92 Å². The molecule has 1 atom stereocenters. The Labute approximate surface area is 118 Å². The Balaban J connectivity index is 1.94. The molecule has 0 aliphatic heterocycles. The quantitative estimate of drug-likeness (QED) is 0.831. The molecule has 2 fully saturated rings. The van der Waals surface area contributed by atoms with Crippen molar-refractivity contribution in [1.29, 1.82) is 0 Å². The van der Waals surface area contributed by atoms with Crippen LogP contribution in [0.25, 0.3) is 0 Å². The maximum atomic E-state index is 11.1. The smallest absolute Gasteiger partial charge is 0.303 e. The molecular weight excluding hydrogens is 256 g/mol. The van der Waals surface area contributed by atoms with E-state index >= 15 is 0 Å². The summed E-state index contributed by atoms with van der Waals surface area (Å²) < 4.78 is 11.4. The van der Waals surface area contributed by atoms with Crippen molar-refractivity contribution in [3.63, 3.8) is 0 Å². The van der Waals surface area contributed by atoms with Gasteiger partial charge in [-0.25, -0.2) is 0 Å². The molecule has 3 rings (SSSR count). The zero-order chi connectivity index (χ0) is 14.1. The molecule has 1 aromatic carbocycles. The first kappa shape index (κ1) is 13.3. The Morgan fingerprint density at radius 2 is 2.10 bits per heavy atom. The Morgan fingerprint density at radius 3 is 2.65 bits per heavy atom. The van der Waals surface area contributed by atoms with E-state index in [0.717, 1.165) is 37.0 Å². The van der Waals surface area contributed by atoms with Crippen molar-refractivity contribution in [2.75, 3.05) is 7.11 Å². The first-order chi connectivity index (χ1) is 9.69. The summed E-state index contributed by atoms with van der Waals surface area (Å²) in [4.78, 5) is 11.1. The van der Waals surface area contributed by atoms with E-state index in [-0.39, 0.29) is 18.4 Å². The van der Waals surface area contributed by atoms with Crippen LogP contribution in [0.1, 0.15) is 43.6 Å². The van der Waals surface area contributed by atoms with Gasteiger partial charge in [0.1, 0.15) is 0 Å². The first-order valence-corrected chi connectivity index (χ1v) is 7.24. The Morgan fingerprint density at radius 1 is 1.35 bits per heavy atom. The van der Waals surface area contributed by atoms with Crippen LogP contribution in [-0.4, -0.2) is 24.3 Å². The predicted molar refractivity (Wildman–Crippen MR) is 74.4 cm³/mol. The minimum Gasteiger partial charge on any atom is -0.493 e. The van der Waals surface area contributed by atoms with Crippen molar-refractivity contribution in [2.24, 2.45) is 5.92 Å². The lowest BCUT2D eigenvalue weighted by Gasteiger charge is -2.21. The molecule has 0 saturated heterocycles. The standard InChI is InChI=1S/C16H20O4/c1-19-14-4-2-3-12(16(14)20-11-7-8-11)13(9-15(17)18)10-5-6-10/h2-4,10-11,13H,5-9H2,1H3,(H,17,18). The van der Waals surface area contributed by atoms with Gasteiger partial charge in [0, 0.05) is 11.5 Å². The second-order valence-corrected chi connectivity index (χ2v) is 5.74. The lowest BCUT2D eigenvalue weighted by atomic mass is 9.90. The summed E-state index contributed by atoms with van der Waals surface area (Å²) in [5.74, 6) is 1.24. The fourth-order valence-corrected chi connectivity index (χ4v) is 2.68. The summed E-state index contributed by atoms with van der Waals surface area (Å²) in [6, 6.07) is 5.79. The highest BCUT2D eigenvalue weighted by atomic mass is 16.5. The summed E-state index contributed by atoms with van der Waals surface area (Å²) in [6.07, 6.45) is 4.80. The van der Waals surface area contributed by atoms with Gasteiger partial charge in [0.25, 0.3) is 0 Å². The molecule has 108 valence electrons. The van der Waals surface area contributed by atoms with Crippen LogP contribution >= 0.6 is 0 Å². The van der Waals surface area contributed by atoms with Gasteiger partial charge in [-0.1, -0.05) is 12.1 Å². The zero-order valence-corrected chi connectivity index (χ0v) is 11.7. The number of benzene rings is 1. The molecule has 4 nitrogen and oxygen atoms in total. The molecule has 2 aliphatic carbocycles. The third kappa shape index (κ3) is 2.89. The van der Waals surface area contributed by atoms with E-state index in [1.807, 2.05) is 18.2 Å². The molecular formula is C16H20O4. The number of methoxy groups -OCH3 is 1. The number of para-hydroxylation sites is 1. The molecule has 2 aliphatic rings. The molecule has 2 saturated carbocycles. The second kappa shape index (κ2) is 5.35. The maximum Gasteiger partial charge on any atom is 0.303 e. The largest absolute Gasteiger partial charge is 0.493 e. The number of ether oxygens (including phenoxy) is 2. The molecule has 1 N–H and O–H groups in total. The number of rotatable bonds is 7. The Bertz CT molecular complexity index is 503. The summed E-state index contributed by atoms with van der Waals surface area (Å²) in [7, 11) is 1.63. The second-order valence-electron chi connectivity index (χ2n) is 5.74. The van der Waals surface area contributed by atoms with Crippen LogP contribution in [0.3, 0.4) is 0 Å². The Kier molecular flexibility index (Phi) is 3.55. The van der Waals surface area contributed by atoms with Crippen molar-refractivity contribution < 1.29 is 19.4 Å². The number of carboxylic acid groups (broad SMARTS) is 1. The monoisotopic (exact) mass is 276 g/mol. The zero-order valence-electron chi connectivity index (χ0n) is 11.7. The van der Waals surface area contributed by atoms with Crippen LogP contribution in [0.5, 0.6) is 11.5 Å². The van der Waals surface area contributed by atoms with Gasteiger partial charge >= 0.3 is 5.97 Å². The average Bonchev–Trinajstić information content (AvgIpc) is 3.29. The molecule has 0 radical (unpaired) electrons. The fourth-order valence-electron chi connectivity index (χ4n) is 2.68. The normalized spacial score (nSPS) is 19.4. The van der Waals surface area contributed by atoms with Crippen LogP contribution in [0.15, 0.2) is 18.2 Å². The molecule has 0 aromatic heterocycles. The van der Waals surface area contributed by atoms with Crippen molar-refractivity contribution >= 4 is 5.97 Å². The van der Waals surface area contributed by atoms with Crippen molar-refractivity contribution in [3.8, 4) is 11.5 Å². The number of aliphatic carboxylic acids is 1. The van der Waals surface area contributed by atoms with E-state index in [4.69, 9.17) is 14.6 Å². The van der Waals surface area contributed by atoms with E-state index in [9.17, 15) is 4.79 Å². The lowest BCUT2D eigenvalue weighted by molar-refractivity contribution is -0.137. The first-order valence-electron chi connectivity index (χ1n) is 7.24. The molecule has 0 spiro atoms. The van der Waals surface area contributed by atoms with Gasteiger partial charge in [0.05, 0.1) is 19.6 Å². The van der Waals surface area contributed by atoms with Gasteiger partial charge < -0.3 is 14.6 Å². The van der Waals surface area contributed by atoms with Crippen LogP contribution in [-0.2, 0) is 4.79 Å². The highest BCUT2D eigenvalue weighted by molar-refractivity contribution is 5.69. The Hall–Kier alpha value is -1.71. The van der Waals surface area contributed by atoms with Gasteiger partial charge in [-0.2, -0.15) is 0 Å². The highest BCUT2D eigenvalue weighted by Gasteiger charge is 2.37. The van der Waals surface area contributed by atoms with Crippen LogP contribution < -0.4 is 9.47 Å². The fraction of sp³-hybridized carbons (Fsp3) is 0.562. The summed E-state index contributed by atoms with van der Waals surface area (Å²) in [6.45, 7) is 0. The van der Waals surface area contributed by atoms with Gasteiger partial charge in [-0.05, 0) is 37.7 Å². The molecule has 4 heteroatoms. The van der Waals surface area contributed by atoms with Gasteiger partial charge in [0.2, 0.25) is 0 Å². The molecule has 1 aromatic rings. The maximum absolute atomic E-state index is 11.1. The highest BCUT2D eigenvalue weighted by Crippen LogP contribution is 2.49. The molecule has 0 bridgehead atoms. The van der Waals surface area contributed by atoms with Crippen molar-refractivity contribution in [3.05, 3.63) is 23.8 Å². The summed E-state index contributed by atoms with van der Waals surface area (Å²) in [5, 5.41) is 9.16.